The maximum atomic E-state index is 13.1. The molecule has 0 unspecified atom stereocenters. The highest BCUT2D eigenvalue weighted by atomic mass is 32.2. The molecule has 0 heterocycles. The van der Waals surface area contributed by atoms with Crippen LogP contribution in [0.5, 0.6) is 0 Å². The topological polar surface area (TPSA) is 46.2 Å². The molecular formula is C16H11F6NO2S. The smallest absolute Gasteiger partial charge is 0.280 e. The van der Waals surface area contributed by atoms with Crippen LogP contribution in [0.15, 0.2) is 53.9 Å². The molecule has 2 rings (SSSR count). The number of nitrogens with one attached hydrogen (secondary N) is 1. The summed E-state index contributed by atoms with van der Waals surface area (Å²) in [5.74, 6) is 0. The van der Waals surface area contributed by atoms with Gasteiger partial charge >= 0.3 is 12.4 Å². The minimum absolute atomic E-state index is 0.0522. The lowest BCUT2D eigenvalue weighted by atomic mass is 10.1. The number of sulfonamides is 1. The van der Waals surface area contributed by atoms with Crippen molar-refractivity contribution in [1.82, 2.24) is 0 Å². The van der Waals surface area contributed by atoms with Crippen LogP contribution in [0.3, 0.4) is 0 Å². The highest BCUT2D eigenvalue weighted by Crippen LogP contribution is 2.39. The maximum Gasteiger partial charge on any atom is 0.417 e. The molecule has 0 saturated carbocycles. The molecule has 0 aliphatic heterocycles. The van der Waals surface area contributed by atoms with Crippen LogP contribution in [0.2, 0.25) is 0 Å². The number of hydrogen-bond acceptors (Lipinski definition) is 2. The molecule has 0 aliphatic carbocycles. The summed E-state index contributed by atoms with van der Waals surface area (Å²) in [5.41, 5.74) is -2.91. The number of hydrogen-bond donors (Lipinski definition) is 1. The van der Waals surface area contributed by atoms with E-state index >= 15 is 0 Å². The zero-order chi connectivity index (χ0) is 19.8. The molecule has 0 aromatic heterocycles. The van der Waals surface area contributed by atoms with Crippen molar-refractivity contribution in [3.63, 3.8) is 0 Å². The van der Waals surface area contributed by atoms with Gasteiger partial charge in [0.05, 0.1) is 16.0 Å². The molecule has 3 nitrogen and oxygen atoms in total. The lowest BCUT2D eigenvalue weighted by molar-refractivity contribution is -0.144. The zero-order valence-corrected chi connectivity index (χ0v) is 13.6. The Kier molecular flexibility index (Phi) is 5.09. The van der Waals surface area contributed by atoms with Crippen molar-refractivity contribution in [2.24, 2.45) is 0 Å². The SMILES string of the molecule is C=Cc1ccc(NS(=O)(=O)c2ccc(C(F)(F)F)cc2C(F)(F)F)cc1. The monoisotopic (exact) mass is 395 g/mol. The first kappa shape index (κ1) is 19.8. The van der Waals surface area contributed by atoms with Gasteiger partial charge in [-0.15, -0.1) is 0 Å². The molecule has 0 atom stereocenters. The second-order valence-corrected chi connectivity index (χ2v) is 6.79. The Balaban J connectivity index is 2.52. The van der Waals surface area contributed by atoms with E-state index in [0.717, 1.165) is 0 Å². The molecule has 0 fully saturated rings. The lowest BCUT2D eigenvalue weighted by Crippen LogP contribution is -2.20. The van der Waals surface area contributed by atoms with Gasteiger partial charge in [-0.2, -0.15) is 26.3 Å². The Labute approximate surface area is 145 Å². The normalized spacial score (nSPS) is 12.7. The van der Waals surface area contributed by atoms with Gasteiger partial charge in [0.2, 0.25) is 0 Å². The lowest BCUT2D eigenvalue weighted by Gasteiger charge is -2.17. The van der Waals surface area contributed by atoms with E-state index in [0.29, 0.717) is 5.56 Å². The molecule has 1 N–H and O–H groups in total. The van der Waals surface area contributed by atoms with E-state index in [1.54, 1.807) is 0 Å². The van der Waals surface area contributed by atoms with Gasteiger partial charge in [-0.25, -0.2) is 8.42 Å². The predicted octanol–water partition coefficient (Wildman–Crippen LogP) is 5.17. The van der Waals surface area contributed by atoms with Gasteiger partial charge < -0.3 is 0 Å². The van der Waals surface area contributed by atoms with Gasteiger partial charge in [0.15, 0.2) is 0 Å². The standard InChI is InChI=1S/C16H11F6NO2S/c1-2-10-3-6-12(7-4-10)23-26(24,25)14-8-5-11(15(17,18)19)9-13(14)16(20,21)22/h2-9,23H,1H2. The summed E-state index contributed by atoms with van der Waals surface area (Å²) in [6.45, 7) is 3.49. The van der Waals surface area contributed by atoms with Crippen molar-refractivity contribution in [3.8, 4) is 0 Å². The zero-order valence-electron chi connectivity index (χ0n) is 12.8. The van der Waals surface area contributed by atoms with Gasteiger partial charge in [-0.3, -0.25) is 4.72 Å². The predicted molar refractivity (Wildman–Crippen MR) is 83.8 cm³/mol. The Morgan fingerprint density at radius 3 is 1.92 bits per heavy atom. The summed E-state index contributed by atoms with van der Waals surface area (Å²) in [4.78, 5) is -1.30. The molecule has 10 heteroatoms. The van der Waals surface area contributed by atoms with E-state index in [1.807, 2.05) is 4.72 Å². The van der Waals surface area contributed by atoms with Gasteiger partial charge in [0.25, 0.3) is 10.0 Å². The first-order chi connectivity index (χ1) is 11.8. The second kappa shape index (κ2) is 6.67. The van der Waals surface area contributed by atoms with Crippen molar-refractivity contribution in [1.29, 1.82) is 0 Å². The number of halogens is 6. The average molecular weight is 395 g/mol. The molecule has 0 bridgehead atoms. The average Bonchev–Trinajstić information content (AvgIpc) is 2.53. The molecule has 26 heavy (non-hydrogen) atoms. The Bertz CT molecular complexity index is 915. The quantitative estimate of drug-likeness (QED) is 0.727. The summed E-state index contributed by atoms with van der Waals surface area (Å²) in [6.07, 6.45) is -8.87. The minimum atomic E-state index is -5.29. The molecule has 0 saturated heterocycles. The van der Waals surface area contributed by atoms with Crippen molar-refractivity contribution in [2.45, 2.75) is 17.2 Å². The summed E-state index contributed by atoms with van der Waals surface area (Å²) in [6, 6.07) is 5.83. The van der Waals surface area contributed by atoms with E-state index in [9.17, 15) is 34.8 Å². The largest absolute Gasteiger partial charge is 0.417 e. The van der Waals surface area contributed by atoms with Gasteiger partial charge in [0.1, 0.15) is 0 Å². The van der Waals surface area contributed by atoms with Crippen LogP contribution in [0.1, 0.15) is 16.7 Å². The molecule has 0 amide bonds. The second-order valence-electron chi connectivity index (χ2n) is 5.14. The molecule has 0 spiro atoms. The third kappa shape index (κ3) is 4.37. The van der Waals surface area contributed by atoms with Crippen LogP contribution < -0.4 is 4.72 Å². The van der Waals surface area contributed by atoms with Crippen molar-refractivity contribution in [3.05, 3.63) is 65.7 Å². The van der Waals surface area contributed by atoms with Gasteiger partial charge in [-0.1, -0.05) is 24.8 Å². The summed E-state index contributed by atoms with van der Waals surface area (Å²) in [5, 5.41) is 0. The third-order valence-electron chi connectivity index (χ3n) is 3.30. The Morgan fingerprint density at radius 2 is 1.46 bits per heavy atom. The molecule has 2 aromatic carbocycles. The van der Waals surface area contributed by atoms with Crippen molar-refractivity contribution in [2.75, 3.05) is 4.72 Å². The van der Waals surface area contributed by atoms with Crippen molar-refractivity contribution >= 4 is 21.8 Å². The third-order valence-corrected chi connectivity index (χ3v) is 4.74. The molecular weight excluding hydrogens is 384 g/mol. The van der Waals surface area contributed by atoms with Crippen LogP contribution in [-0.4, -0.2) is 8.42 Å². The highest BCUT2D eigenvalue weighted by molar-refractivity contribution is 7.92. The molecule has 140 valence electrons. The number of alkyl halides is 6. The van der Waals surface area contributed by atoms with E-state index < -0.39 is 38.4 Å². The van der Waals surface area contributed by atoms with Crippen molar-refractivity contribution < 1.29 is 34.8 Å². The summed E-state index contributed by atoms with van der Waals surface area (Å²) < 4.78 is 104. The fraction of sp³-hybridized carbons (Fsp3) is 0.125. The van der Waals surface area contributed by atoms with E-state index in [2.05, 4.69) is 6.58 Å². The summed E-state index contributed by atoms with van der Waals surface area (Å²) in [7, 11) is -4.77. The van der Waals surface area contributed by atoms with Crippen LogP contribution in [-0.2, 0) is 22.4 Å². The summed E-state index contributed by atoms with van der Waals surface area (Å²) >= 11 is 0. The van der Waals surface area contributed by atoms with Crippen LogP contribution >= 0.6 is 0 Å². The van der Waals surface area contributed by atoms with Gasteiger partial charge in [-0.05, 0) is 35.9 Å². The van der Waals surface area contributed by atoms with E-state index in [4.69, 9.17) is 0 Å². The minimum Gasteiger partial charge on any atom is -0.280 e. The highest BCUT2D eigenvalue weighted by Gasteiger charge is 2.40. The Morgan fingerprint density at radius 1 is 0.885 bits per heavy atom. The van der Waals surface area contributed by atoms with Crippen LogP contribution in [0.25, 0.3) is 6.08 Å². The van der Waals surface area contributed by atoms with Gasteiger partial charge in [0, 0.05) is 5.69 Å². The van der Waals surface area contributed by atoms with Crippen LogP contribution in [0.4, 0.5) is 32.0 Å². The number of rotatable bonds is 4. The van der Waals surface area contributed by atoms with Crippen LogP contribution in [0, 0.1) is 0 Å². The molecule has 0 aliphatic rings. The number of anilines is 1. The first-order valence-electron chi connectivity index (χ1n) is 6.88. The fourth-order valence-corrected chi connectivity index (χ4v) is 3.33. The first-order valence-corrected chi connectivity index (χ1v) is 8.36. The molecule has 0 radical (unpaired) electrons. The van der Waals surface area contributed by atoms with E-state index in [-0.39, 0.29) is 23.9 Å². The molecule has 2 aromatic rings. The fourth-order valence-electron chi connectivity index (χ4n) is 2.06. The van der Waals surface area contributed by atoms with E-state index in [1.165, 1.54) is 30.3 Å². The number of benzene rings is 2. The maximum absolute atomic E-state index is 13.1. The Hall–Kier alpha value is -2.49.